The van der Waals surface area contributed by atoms with Gasteiger partial charge < -0.3 is 0 Å². The van der Waals surface area contributed by atoms with Crippen LogP contribution in [0.4, 0.5) is 5.00 Å². The van der Waals surface area contributed by atoms with Crippen molar-refractivity contribution in [2.75, 3.05) is 0 Å². The highest BCUT2D eigenvalue weighted by molar-refractivity contribution is 7.16. The summed E-state index contributed by atoms with van der Waals surface area (Å²) in [6.07, 6.45) is 1.55. The fraction of sp³-hybridized carbons (Fsp3) is 0.0769. The Labute approximate surface area is 129 Å². The van der Waals surface area contributed by atoms with E-state index in [9.17, 15) is 14.9 Å². The van der Waals surface area contributed by atoms with Gasteiger partial charge in [0, 0.05) is 11.1 Å². The Morgan fingerprint density at radius 3 is 2.67 bits per heavy atom. The maximum atomic E-state index is 11.6. The molecule has 1 heterocycles. The van der Waals surface area contributed by atoms with E-state index in [1.807, 2.05) is 0 Å². The van der Waals surface area contributed by atoms with Crippen molar-refractivity contribution >= 4 is 40.1 Å². The van der Waals surface area contributed by atoms with Gasteiger partial charge in [-0.2, -0.15) is 5.10 Å². The molecule has 0 aliphatic carbocycles. The SMILES string of the molecule is O=C(Cc1ccc(Cl)cc1)N/N=C\c1ccc([N+](=O)[O-])s1. The van der Waals surface area contributed by atoms with Crippen LogP contribution in [0.2, 0.25) is 5.02 Å². The molecular weight excluding hydrogens is 314 g/mol. The molecule has 1 aromatic carbocycles. The Morgan fingerprint density at radius 1 is 1.33 bits per heavy atom. The van der Waals surface area contributed by atoms with E-state index in [0.29, 0.717) is 9.90 Å². The minimum absolute atomic E-state index is 0.0314. The number of nitrogens with zero attached hydrogens (tertiary/aromatic N) is 2. The highest BCUT2D eigenvalue weighted by atomic mass is 35.5. The summed E-state index contributed by atoms with van der Waals surface area (Å²) in [6.45, 7) is 0. The predicted octanol–water partition coefficient (Wildman–Crippen LogP) is 3.00. The number of benzene rings is 1. The van der Waals surface area contributed by atoms with Gasteiger partial charge in [-0.3, -0.25) is 14.9 Å². The summed E-state index contributed by atoms with van der Waals surface area (Å²) in [6, 6.07) is 9.89. The lowest BCUT2D eigenvalue weighted by Gasteiger charge is -2.00. The quantitative estimate of drug-likeness (QED) is 0.521. The van der Waals surface area contributed by atoms with E-state index in [0.717, 1.165) is 16.9 Å². The summed E-state index contributed by atoms with van der Waals surface area (Å²) in [5, 5.41) is 14.9. The highest BCUT2D eigenvalue weighted by Gasteiger charge is 2.08. The zero-order chi connectivity index (χ0) is 15.2. The molecule has 0 aliphatic heterocycles. The smallest absolute Gasteiger partial charge is 0.273 e. The van der Waals surface area contributed by atoms with Gasteiger partial charge in [0.2, 0.25) is 5.91 Å². The lowest BCUT2D eigenvalue weighted by Crippen LogP contribution is -2.19. The van der Waals surface area contributed by atoms with Crippen LogP contribution < -0.4 is 5.43 Å². The first kappa shape index (κ1) is 15.1. The van der Waals surface area contributed by atoms with Crippen LogP contribution in [-0.4, -0.2) is 17.0 Å². The Balaban J connectivity index is 1.86. The van der Waals surface area contributed by atoms with Crippen LogP contribution in [0.15, 0.2) is 41.5 Å². The largest absolute Gasteiger partial charge is 0.324 e. The van der Waals surface area contributed by atoms with Gasteiger partial charge in [0.25, 0.3) is 0 Å². The molecule has 0 radical (unpaired) electrons. The zero-order valence-corrected chi connectivity index (χ0v) is 12.2. The Hall–Kier alpha value is -2.25. The summed E-state index contributed by atoms with van der Waals surface area (Å²) in [5.41, 5.74) is 3.19. The molecule has 0 fully saturated rings. The predicted molar refractivity (Wildman–Crippen MR) is 81.9 cm³/mol. The maximum Gasteiger partial charge on any atom is 0.324 e. The zero-order valence-electron chi connectivity index (χ0n) is 10.7. The molecular formula is C13H10ClN3O3S. The highest BCUT2D eigenvalue weighted by Crippen LogP contribution is 2.22. The molecule has 0 unspecified atom stereocenters. The van der Waals surface area contributed by atoms with Gasteiger partial charge >= 0.3 is 5.00 Å². The van der Waals surface area contributed by atoms with Crippen molar-refractivity contribution in [2.45, 2.75) is 6.42 Å². The van der Waals surface area contributed by atoms with Crippen LogP contribution in [-0.2, 0) is 11.2 Å². The van der Waals surface area contributed by atoms with E-state index in [1.54, 1.807) is 30.3 Å². The number of hydrogen-bond acceptors (Lipinski definition) is 5. The van der Waals surface area contributed by atoms with Crippen LogP contribution in [0.5, 0.6) is 0 Å². The van der Waals surface area contributed by atoms with E-state index in [1.165, 1.54) is 12.3 Å². The van der Waals surface area contributed by atoms with Crippen LogP contribution >= 0.6 is 22.9 Å². The molecule has 1 N–H and O–H groups in total. The summed E-state index contributed by atoms with van der Waals surface area (Å²) >= 11 is 6.74. The van der Waals surface area contributed by atoms with E-state index >= 15 is 0 Å². The van der Waals surface area contributed by atoms with Gasteiger partial charge in [-0.1, -0.05) is 35.1 Å². The van der Waals surface area contributed by atoms with Gasteiger partial charge in [0.1, 0.15) is 0 Å². The average Bonchev–Trinajstić information content (AvgIpc) is 2.90. The topological polar surface area (TPSA) is 84.6 Å². The summed E-state index contributed by atoms with van der Waals surface area (Å²) < 4.78 is 0. The number of thiophene rings is 1. The number of amides is 1. The van der Waals surface area contributed by atoms with Crippen molar-refractivity contribution in [3.05, 3.63) is 62.0 Å². The van der Waals surface area contributed by atoms with Gasteiger partial charge in [0.15, 0.2) is 0 Å². The number of nitro groups is 1. The second-order valence-electron chi connectivity index (χ2n) is 4.03. The first-order valence-electron chi connectivity index (χ1n) is 5.85. The molecule has 8 heteroatoms. The molecule has 0 spiro atoms. The molecule has 1 amide bonds. The molecule has 0 saturated heterocycles. The third-order valence-corrected chi connectivity index (χ3v) is 3.67. The Kier molecular flexibility index (Phi) is 5.02. The van der Waals surface area contributed by atoms with E-state index in [4.69, 9.17) is 11.6 Å². The first-order valence-corrected chi connectivity index (χ1v) is 7.04. The van der Waals surface area contributed by atoms with Crippen molar-refractivity contribution in [3.63, 3.8) is 0 Å². The second-order valence-corrected chi connectivity index (χ2v) is 5.56. The fourth-order valence-electron chi connectivity index (χ4n) is 1.50. The Morgan fingerprint density at radius 2 is 2.05 bits per heavy atom. The minimum atomic E-state index is -0.471. The van der Waals surface area contributed by atoms with E-state index in [2.05, 4.69) is 10.5 Å². The van der Waals surface area contributed by atoms with E-state index < -0.39 is 4.92 Å². The molecule has 2 rings (SSSR count). The molecule has 0 bridgehead atoms. The van der Waals surface area contributed by atoms with Crippen molar-refractivity contribution < 1.29 is 9.72 Å². The maximum absolute atomic E-state index is 11.6. The average molecular weight is 324 g/mol. The number of rotatable bonds is 5. The first-order chi connectivity index (χ1) is 10.0. The molecule has 1 aromatic heterocycles. The fourth-order valence-corrected chi connectivity index (χ4v) is 2.32. The van der Waals surface area contributed by atoms with Crippen molar-refractivity contribution in [2.24, 2.45) is 5.10 Å². The molecule has 6 nitrogen and oxygen atoms in total. The van der Waals surface area contributed by atoms with E-state index in [-0.39, 0.29) is 17.3 Å². The van der Waals surface area contributed by atoms with Crippen LogP contribution in [0.3, 0.4) is 0 Å². The number of hydrazone groups is 1. The van der Waals surface area contributed by atoms with Crippen molar-refractivity contribution in [3.8, 4) is 0 Å². The number of nitrogens with one attached hydrogen (secondary N) is 1. The summed E-state index contributed by atoms with van der Waals surface area (Å²) in [5.74, 6) is -0.278. The summed E-state index contributed by atoms with van der Waals surface area (Å²) in [4.78, 5) is 22.3. The molecule has 0 atom stereocenters. The monoisotopic (exact) mass is 323 g/mol. The minimum Gasteiger partial charge on any atom is -0.273 e. The Bertz CT molecular complexity index is 682. The molecule has 0 saturated carbocycles. The van der Waals surface area contributed by atoms with Crippen LogP contribution in [0.25, 0.3) is 0 Å². The van der Waals surface area contributed by atoms with Gasteiger partial charge in [0.05, 0.1) is 22.4 Å². The second kappa shape index (κ2) is 6.96. The number of hydrogen-bond donors (Lipinski definition) is 1. The van der Waals surface area contributed by atoms with Crippen molar-refractivity contribution in [1.29, 1.82) is 0 Å². The molecule has 0 aliphatic rings. The van der Waals surface area contributed by atoms with Crippen molar-refractivity contribution in [1.82, 2.24) is 5.43 Å². The lowest BCUT2D eigenvalue weighted by molar-refractivity contribution is -0.380. The number of halogens is 1. The summed E-state index contributed by atoms with van der Waals surface area (Å²) in [7, 11) is 0. The molecule has 2 aromatic rings. The number of carbonyl (C=O) groups excluding carboxylic acids is 1. The normalized spacial score (nSPS) is 10.7. The number of carbonyl (C=O) groups is 1. The van der Waals surface area contributed by atoms with Gasteiger partial charge in [-0.15, -0.1) is 0 Å². The van der Waals surface area contributed by atoms with Gasteiger partial charge in [-0.05, 0) is 23.8 Å². The van der Waals surface area contributed by atoms with Crippen LogP contribution in [0, 0.1) is 10.1 Å². The molecule has 108 valence electrons. The van der Waals surface area contributed by atoms with Gasteiger partial charge in [-0.25, -0.2) is 5.43 Å². The third-order valence-electron chi connectivity index (χ3n) is 2.45. The molecule has 21 heavy (non-hydrogen) atoms. The van der Waals surface area contributed by atoms with Crippen LogP contribution in [0.1, 0.15) is 10.4 Å². The lowest BCUT2D eigenvalue weighted by atomic mass is 10.1. The standard InChI is InChI=1S/C13H10ClN3O3S/c14-10-3-1-9(2-4-10)7-12(18)16-15-8-11-5-6-13(21-11)17(19)20/h1-6,8H,7H2,(H,16,18)/b15-8-. The third kappa shape index (κ3) is 4.66.